The minimum absolute atomic E-state index is 0.106. The average molecular weight is 463 g/mol. The zero-order valence-corrected chi connectivity index (χ0v) is 18.5. The molecule has 3 heterocycles. The second-order valence-electron chi connectivity index (χ2n) is 8.28. The number of pyridine rings is 2. The van der Waals surface area contributed by atoms with E-state index in [-0.39, 0.29) is 11.7 Å². The number of hydrogen-bond donors (Lipinski definition) is 1. The van der Waals surface area contributed by atoms with Crippen molar-refractivity contribution in [3.63, 3.8) is 0 Å². The Balaban J connectivity index is 1.38. The molecule has 3 aromatic heterocycles. The molecule has 0 bridgehead atoms. The van der Waals surface area contributed by atoms with Crippen LogP contribution in [-0.4, -0.2) is 38.8 Å². The summed E-state index contributed by atoms with van der Waals surface area (Å²) in [6, 6.07) is 13.9. The zero-order valence-electron chi connectivity index (χ0n) is 18.5. The lowest BCUT2D eigenvalue weighted by molar-refractivity contribution is -0.0498. The molecule has 1 aliphatic carbocycles. The fraction of sp³-hybridized carbons (Fsp3) is 0.280. The van der Waals surface area contributed by atoms with Gasteiger partial charge in [-0.25, -0.2) is 9.97 Å². The number of halogens is 2. The Morgan fingerprint density at radius 1 is 1.21 bits per heavy atom. The highest BCUT2D eigenvalue weighted by molar-refractivity contribution is 6.06. The predicted molar refractivity (Wildman–Crippen MR) is 122 cm³/mol. The third kappa shape index (κ3) is 4.59. The van der Waals surface area contributed by atoms with E-state index < -0.39 is 6.61 Å². The molecule has 0 saturated heterocycles. The number of alkyl halides is 2. The van der Waals surface area contributed by atoms with Crippen molar-refractivity contribution < 1.29 is 18.3 Å². The van der Waals surface area contributed by atoms with Crippen LogP contribution < -0.4 is 10.1 Å². The summed E-state index contributed by atoms with van der Waals surface area (Å²) in [6.07, 6.45) is 4.36. The van der Waals surface area contributed by atoms with Crippen molar-refractivity contribution in [3.05, 3.63) is 77.2 Å². The predicted octanol–water partition coefficient (Wildman–Crippen LogP) is 4.58. The lowest BCUT2D eigenvalue weighted by Crippen LogP contribution is -2.26. The number of amides is 1. The number of aryl methyl sites for hydroxylation is 1. The van der Waals surface area contributed by atoms with Crippen LogP contribution in [0.15, 0.2) is 54.7 Å². The summed E-state index contributed by atoms with van der Waals surface area (Å²) in [6.45, 7) is -0.599. The van der Waals surface area contributed by atoms with E-state index >= 15 is 0 Å². The SMILES string of the molecule is Cc1nn(-c2ccccn2)c2nc(C3CC3)cc(C(=O)NCCc3ccc(OC(F)F)cc3)c12. The van der Waals surface area contributed by atoms with Gasteiger partial charge in [-0.15, -0.1) is 0 Å². The first-order chi connectivity index (χ1) is 16.5. The second-order valence-corrected chi connectivity index (χ2v) is 8.28. The topological polar surface area (TPSA) is 81.9 Å². The molecule has 5 rings (SSSR count). The van der Waals surface area contributed by atoms with Crippen LogP contribution in [0.1, 0.15) is 46.1 Å². The zero-order chi connectivity index (χ0) is 23.7. The smallest absolute Gasteiger partial charge is 0.387 e. The second kappa shape index (κ2) is 9.17. The molecule has 0 spiro atoms. The molecule has 174 valence electrons. The lowest BCUT2D eigenvalue weighted by atomic mass is 10.1. The maximum absolute atomic E-state index is 13.2. The molecule has 0 atom stereocenters. The molecule has 0 aliphatic heterocycles. The number of ether oxygens (including phenoxy) is 1. The molecule has 4 aromatic rings. The van der Waals surface area contributed by atoms with Crippen LogP contribution in [0.5, 0.6) is 5.75 Å². The minimum atomic E-state index is -2.85. The molecule has 1 amide bonds. The van der Waals surface area contributed by atoms with Crippen molar-refractivity contribution in [2.24, 2.45) is 0 Å². The third-order valence-electron chi connectivity index (χ3n) is 5.79. The Kier molecular flexibility index (Phi) is 5.91. The highest BCUT2D eigenvalue weighted by Gasteiger charge is 2.29. The number of benzene rings is 1. The van der Waals surface area contributed by atoms with E-state index in [1.165, 1.54) is 12.1 Å². The van der Waals surface area contributed by atoms with E-state index in [4.69, 9.17) is 4.98 Å². The summed E-state index contributed by atoms with van der Waals surface area (Å²) in [7, 11) is 0. The Morgan fingerprint density at radius 3 is 2.68 bits per heavy atom. The Morgan fingerprint density at radius 2 is 2.00 bits per heavy atom. The van der Waals surface area contributed by atoms with Gasteiger partial charge in [0.2, 0.25) is 0 Å². The molecule has 7 nitrogen and oxygen atoms in total. The molecule has 1 saturated carbocycles. The molecule has 9 heteroatoms. The largest absolute Gasteiger partial charge is 0.435 e. The lowest BCUT2D eigenvalue weighted by Gasteiger charge is -2.10. The number of nitrogens with one attached hydrogen (secondary N) is 1. The highest BCUT2D eigenvalue weighted by atomic mass is 19.3. The maximum Gasteiger partial charge on any atom is 0.387 e. The first-order valence-electron chi connectivity index (χ1n) is 11.1. The molecule has 0 radical (unpaired) electrons. The van der Waals surface area contributed by atoms with E-state index in [0.29, 0.717) is 47.0 Å². The van der Waals surface area contributed by atoms with Gasteiger partial charge in [0.05, 0.1) is 16.6 Å². The van der Waals surface area contributed by atoms with Crippen molar-refractivity contribution in [1.29, 1.82) is 0 Å². The molecule has 34 heavy (non-hydrogen) atoms. The normalized spacial score (nSPS) is 13.4. The van der Waals surface area contributed by atoms with Crippen LogP contribution in [0.2, 0.25) is 0 Å². The van der Waals surface area contributed by atoms with Crippen molar-refractivity contribution in [1.82, 2.24) is 25.1 Å². The first kappa shape index (κ1) is 21.9. The van der Waals surface area contributed by atoms with Crippen molar-refractivity contribution in [3.8, 4) is 11.6 Å². The fourth-order valence-electron chi connectivity index (χ4n) is 3.97. The van der Waals surface area contributed by atoms with Gasteiger partial charge in [-0.1, -0.05) is 18.2 Å². The van der Waals surface area contributed by atoms with Gasteiger partial charge in [0.15, 0.2) is 11.5 Å². The van der Waals surface area contributed by atoms with E-state index in [0.717, 1.165) is 24.1 Å². The van der Waals surface area contributed by atoms with E-state index in [1.54, 1.807) is 23.0 Å². The Labute approximate surface area is 194 Å². The molecule has 1 aliphatic rings. The fourth-order valence-corrected chi connectivity index (χ4v) is 3.97. The minimum Gasteiger partial charge on any atom is -0.435 e. The van der Waals surface area contributed by atoms with Crippen LogP contribution in [0.25, 0.3) is 16.9 Å². The van der Waals surface area contributed by atoms with E-state index in [9.17, 15) is 13.6 Å². The van der Waals surface area contributed by atoms with Crippen LogP contribution in [-0.2, 0) is 6.42 Å². The number of carbonyl (C=O) groups is 1. The summed E-state index contributed by atoms with van der Waals surface area (Å²) in [5, 5.41) is 8.31. The van der Waals surface area contributed by atoms with Crippen LogP contribution in [0.3, 0.4) is 0 Å². The van der Waals surface area contributed by atoms with Gasteiger partial charge in [0.1, 0.15) is 5.75 Å². The molecule has 0 unspecified atom stereocenters. The van der Waals surface area contributed by atoms with Gasteiger partial charge < -0.3 is 10.1 Å². The molecule has 1 fully saturated rings. The van der Waals surface area contributed by atoms with Crippen molar-refractivity contribution in [2.45, 2.75) is 38.7 Å². The van der Waals surface area contributed by atoms with E-state index in [2.05, 4.69) is 20.1 Å². The average Bonchev–Trinajstić information content (AvgIpc) is 3.63. The van der Waals surface area contributed by atoms with Gasteiger partial charge in [-0.2, -0.15) is 18.6 Å². The maximum atomic E-state index is 13.2. The van der Waals surface area contributed by atoms with Crippen molar-refractivity contribution >= 4 is 16.9 Å². The Bertz CT molecular complexity index is 1320. The number of carbonyl (C=O) groups excluding carboxylic acids is 1. The third-order valence-corrected chi connectivity index (χ3v) is 5.79. The summed E-state index contributed by atoms with van der Waals surface area (Å²) >= 11 is 0. The van der Waals surface area contributed by atoms with Crippen LogP contribution in [0.4, 0.5) is 8.78 Å². The monoisotopic (exact) mass is 463 g/mol. The van der Waals surface area contributed by atoms with Gasteiger partial charge in [-0.3, -0.25) is 4.79 Å². The van der Waals surface area contributed by atoms with Gasteiger partial charge in [-0.05, 0) is 62.1 Å². The van der Waals surface area contributed by atoms with Gasteiger partial charge in [0, 0.05) is 24.4 Å². The standard InChI is InChI=1S/C25H23F2N5O2/c1-15-22-19(24(33)29-13-11-16-5-9-18(10-6-16)34-25(26)27)14-20(17-7-8-17)30-23(22)32(31-15)21-4-2-3-12-28-21/h2-6,9-10,12,14,17,25H,7-8,11,13H2,1H3,(H,29,33). The van der Waals surface area contributed by atoms with Crippen LogP contribution in [0, 0.1) is 6.92 Å². The number of hydrogen-bond acceptors (Lipinski definition) is 5. The summed E-state index contributed by atoms with van der Waals surface area (Å²) in [4.78, 5) is 22.5. The number of aromatic nitrogens is 4. The number of nitrogens with zero attached hydrogens (tertiary/aromatic N) is 4. The Hall–Kier alpha value is -3.88. The van der Waals surface area contributed by atoms with Gasteiger partial charge >= 0.3 is 6.61 Å². The van der Waals surface area contributed by atoms with E-state index in [1.807, 2.05) is 31.2 Å². The van der Waals surface area contributed by atoms with Crippen LogP contribution >= 0.6 is 0 Å². The molecular weight excluding hydrogens is 440 g/mol. The summed E-state index contributed by atoms with van der Waals surface area (Å²) in [5.41, 5.74) is 3.67. The summed E-state index contributed by atoms with van der Waals surface area (Å²) < 4.78 is 30.7. The molecular formula is C25H23F2N5O2. The highest BCUT2D eigenvalue weighted by Crippen LogP contribution is 2.40. The van der Waals surface area contributed by atoms with Crippen molar-refractivity contribution in [2.75, 3.05) is 6.54 Å². The quantitative estimate of drug-likeness (QED) is 0.414. The number of fused-ring (bicyclic) bond motifs is 1. The first-order valence-corrected chi connectivity index (χ1v) is 11.1. The summed E-state index contributed by atoms with van der Waals surface area (Å²) in [5.74, 6) is 0.912. The molecule has 1 N–H and O–H groups in total. The number of rotatable bonds is 8. The molecule has 1 aromatic carbocycles. The van der Waals surface area contributed by atoms with Gasteiger partial charge in [0.25, 0.3) is 5.91 Å².